The molecule has 1 heterocycles. The molecule has 0 unspecified atom stereocenters. The van der Waals surface area contributed by atoms with Crippen LogP contribution < -0.4 is 0 Å². The SMILES string of the molecule is C=C(CCc1ccccc1)[C@@H](O)c1cccs1. The molecule has 1 atom stereocenters. The van der Waals surface area contributed by atoms with Gasteiger partial charge in [-0.15, -0.1) is 11.3 Å². The molecule has 1 aromatic carbocycles. The standard InChI is InChI=1S/C15H16OS/c1-12(15(16)14-8-5-11-17-14)9-10-13-6-3-2-4-7-13/h2-8,11,15-16H,1,9-10H2/t15-/m1/s1. The van der Waals surface area contributed by atoms with Gasteiger partial charge in [0, 0.05) is 4.88 Å². The lowest BCUT2D eigenvalue weighted by Crippen LogP contribution is -1.99. The van der Waals surface area contributed by atoms with E-state index in [9.17, 15) is 5.11 Å². The van der Waals surface area contributed by atoms with E-state index in [0.717, 1.165) is 23.3 Å². The second-order valence-electron chi connectivity index (χ2n) is 4.06. The number of aliphatic hydroxyl groups excluding tert-OH is 1. The van der Waals surface area contributed by atoms with Gasteiger partial charge in [0.1, 0.15) is 6.10 Å². The molecule has 0 aliphatic rings. The van der Waals surface area contributed by atoms with Crippen molar-refractivity contribution in [3.05, 3.63) is 70.4 Å². The van der Waals surface area contributed by atoms with Crippen molar-refractivity contribution in [1.82, 2.24) is 0 Å². The van der Waals surface area contributed by atoms with Crippen LogP contribution in [0, 0.1) is 0 Å². The van der Waals surface area contributed by atoms with Gasteiger partial charge in [-0.2, -0.15) is 0 Å². The monoisotopic (exact) mass is 244 g/mol. The first-order chi connectivity index (χ1) is 8.27. The van der Waals surface area contributed by atoms with Gasteiger partial charge in [0.2, 0.25) is 0 Å². The summed E-state index contributed by atoms with van der Waals surface area (Å²) in [6, 6.07) is 14.2. The van der Waals surface area contributed by atoms with Crippen molar-refractivity contribution in [3.63, 3.8) is 0 Å². The van der Waals surface area contributed by atoms with E-state index in [-0.39, 0.29) is 0 Å². The van der Waals surface area contributed by atoms with Crippen LogP contribution in [0.3, 0.4) is 0 Å². The topological polar surface area (TPSA) is 20.2 Å². The molecule has 2 heteroatoms. The Morgan fingerprint density at radius 1 is 1.18 bits per heavy atom. The summed E-state index contributed by atoms with van der Waals surface area (Å²) in [4.78, 5) is 0.975. The maximum absolute atomic E-state index is 10.1. The van der Waals surface area contributed by atoms with Crippen LogP contribution >= 0.6 is 11.3 Å². The minimum atomic E-state index is -0.515. The van der Waals surface area contributed by atoms with Gasteiger partial charge in [-0.1, -0.05) is 43.0 Å². The summed E-state index contributed by atoms with van der Waals surface area (Å²) in [5, 5.41) is 12.0. The second kappa shape index (κ2) is 5.80. The molecule has 88 valence electrons. The van der Waals surface area contributed by atoms with Gasteiger partial charge in [0.15, 0.2) is 0 Å². The molecule has 2 rings (SSSR count). The summed E-state index contributed by atoms with van der Waals surface area (Å²) in [6.07, 6.45) is 1.24. The van der Waals surface area contributed by atoms with Crippen molar-refractivity contribution in [3.8, 4) is 0 Å². The molecule has 1 N–H and O–H groups in total. The largest absolute Gasteiger partial charge is 0.383 e. The fourth-order valence-corrected chi connectivity index (χ4v) is 2.50. The van der Waals surface area contributed by atoms with Crippen molar-refractivity contribution >= 4 is 11.3 Å². The molecule has 0 aliphatic carbocycles. The summed E-state index contributed by atoms with van der Waals surface area (Å²) in [7, 11) is 0. The first kappa shape index (κ1) is 12.1. The predicted molar refractivity (Wildman–Crippen MR) is 73.2 cm³/mol. The summed E-state index contributed by atoms with van der Waals surface area (Å²) in [6.45, 7) is 3.98. The molecule has 2 aromatic rings. The highest BCUT2D eigenvalue weighted by Crippen LogP contribution is 2.27. The zero-order valence-corrected chi connectivity index (χ0v) is 10.5. The van der Waals surface area contributed by atoms with Crippen LogP contribution in [0.2, 0.25) is 0 Å². The van der Waals surface area contributed by atoms with E-state index in [1.807, 2.05) is 35.7 Å². The smallest absolute Gasteiger partial charge is 0.109 e. The highest BCUT2D eigenvalue weighted by Gasteiger charge is 2.12. The van der Waals surface area contributed by atoms with Gasteiger partial charge < -0.3 is 5.11 Å². The number of benzene rings is 1. The van der Waals surface area contributed by atoms with Crippen molar-refractivity contribution in [2.45, 2.75) is 18.9 Å². The molecular formula is C15H16OS. The lowest BCUT2D eigenvalue weighted by molar-refractivity contribution is 0.215. The second-order valence-corrected chi connectivity index (χ2v) is 5.04. The lowest BCUT2D eigenvalue weighted by Gasteiger charge is -2.12. The van der Waals surface area contributed by atoms with Gasteiger partial charge in [0.05, 0.1) is 0 Å². The van der Waals surface area contributed by atoms with Crippen LogP contribution in [0.25, 0.3) is 0 Å². The molecule has 0 radical (unpaired) electrons. The average molecular weight is 244 g/mol. The van der Waals surface area contributed by atoms with Crippen molar-refractivity contribution < 1.29 is 5.11 Å². The number of aliphatic hydroxyl groups is 1. The van der Waals surface area contributed by atoms with Crippen LogP contribution in [-0.2, 0) is 6.42 Å². The predicted octanol–water partition coefficient (Wildman–Crippen LogP) is 3.97. The molecule has 1 aromatic heterocycles. The van der Waals surface area contributed by atoms with Gasteiger partial charge >= 0.3 is 0 Å². The van der Waals surface area contributed by atoms with E-state index in [2.05, 4.69) is 18.7 Å². The van der Waals surface area contributed by atoms with Gasteiger partial charge in [-0.05, 0) is 35.4 Å². The van der Waals surface area contributed by atoms with Crippen LogP contribution in [0.4, 0.5) is 0 Å². The third-order valence-corrected chi connectivity index (χ3v) is 3.70. The summed E-state index contributed by atoms with van der Waals surface area (Å²) < 4.78 is 0. The Kier molecular flexibility index (Phi) is 4.13. The third-order valence-electron chi connectivity index (χ3n) is 2.78. The van der Waals surface area contributed by atoms with Crippen LogP contribution in [0.5, 0.6) is 0 Å². The van der Waals surface area contributed by atoms with E-state index < -0.39 is 6.10 Å². The number of rotatable bonds is 5. The van der Waals surface area contributed by atoms with Gasteiger partial charge in [-0.25, -0.2) is 0 Å². The van der Waals surface area contributed by atoms with Gasteiger partial charge in [-0.3, -0.25) is 0 Å². The Labute approximate surface area is 106 Å². The summed E-state index contributed by atoms with van der Waals surface area (Å²) >= 11 is 1.57. The number of hydrogen-bond acceptors (Lipinski definition) is 2. The fourth-order valence-electron chi connectivity index (χ4n) is 1.73. The first-order valence-electron chi connectivity index (χ1n) is 5.70. The van der Waals surface area contributed by atoms with Crippen LogP contribution in [-0.4, -0.2) is 5.11 Å². The lowest BCUT2D eigenvalue weighted by atomic mass is 10.0. The number of thiophene rings is 1. The molecule has 17 heavy (non-hydrogen) atoms. The van der Waals surface area contributed by atoms with Crippen LogP contribution in [0.1, 0.15) is 23.0 Å². The Bertz CT molecular complexity index is 459. The zero-order chi connectivity index (χ0) is 12.1. The first-order valence-corrected chi connectivity index (χ1v) is 6.58. The minimum absolute atomic E-state index is 0.515. The van der Waals surface area contributed by atoms with E-state index in [0.29, 0.717) is 0 Å². The maximum Gasteiger partial charge on any atom is 0.109 e. The highest BCUT2D eigenvalue weighted by molar-refractivity contribution is 7.10. The van der Waals surface area contributed by atoms with E-state index in [1.165, 1.54) is 5.56 Å². The number of hydrogen-bond donors (Lipinski definition) is 1. The third kappa shape index (κ3) is 3.29. The molecule has 0 amide bonds. The molecular weight excluding hydrogens is 228 g/mol. The Morgan fingerprint density at radius 3 is 2.59 bits per heavy atom. The van der Waals surface area contributed by atoms with Crippen molar-refractivity contribution in [1.29, 1.82) is 0 Å². The molecule has 1 nitrogen and oxygen atoms in total. The molecule has 0 saturated carbocycles. The van der Waals surface area contributed by atoms with Crippen molar-refractivity contribution in [2.24, 2.45) is 0 Å². The Hall–Kier alpha value is -1.38. The summed E-state index contributed by atoms with van der Waals surface area (Å²) in [5.74, 6) is 0. The highest BCUT2D eigenvalue weighted by atomic mass is 32.1. The normalized spacial score (nSPS) is 12.3. The van der Waals surface area contributed by atoms with E-state index in [1.54, 1.807) is 11.3 Å². The van der Waals surface area contributed by atoms with Crippen molar-refractivity contribution in [2.75, 3.05) is 0 Å². The van der Waals surface area contributed by atoms with E-state index >= 15 is 0 Å². The quantitative estimate of drug-likeness (QED) is 0.789. The molecule has 0 saturated heterocycles. The molecule has 0 bridgehead atoms. The fraction of sp³-hybridized carbons (Fsp3) is 0.200. The maximum atomic E-state index is 10.1. The van der Waals surface area contributed by atoms with Gasteiger partial charge in [0.25, 0.3) is 0 Å². The number of aryl methyl sites for hydroxylation is 1. The Morgan fingerprint density at radius 2 is 1.94 bits per heavy atom. The zero-order valence-electron chi connectivity index (χ0n) is 9.67. The Balaban J connectivity index is 1.90. The average Bonchev–Trinajstić information content (AvgIpc) is 2.90. The molecule has 0 spiro atoms. The minimum Gasteiger partial charge on any atom is -0.383 e. The molecule has 0 fully saturated rings. The molecule has 0 aliphatic heterocycles. The summed E-state index contributed by atoms with van der Waals surface area (Å²) in [5.41, 5.74) is 2.17. The van der Waals surface area contributed by atoms with E-state index in [4.69, 9.17) is 0 Å². The van der Waals surface area contributed by atoms with Crippen LogP contribution in [0.15, 0.2) is 60.0 Å².